The molecule has 0 spiro atoms. The molecule has 1 fully saturated rings. The van der Waals surface area contributed by atoms with Crippen LogP contribution in [0.1, 0.15) is 18.4 Å². The lowest BCUT2D eigenvalue weighted by atomic mass is 9.92. The molecule has 98 valence electrons. The lowest BCUT2D eigenvalue weighted by Crippen LogP contribution is -2.42. The zero-order valence-corrected chi connectivity index (χ0v) is 10.8. The van der Waals surface area contributed by atoms with Crippen LogP contribution in [0, 0.1) is 5.92 Å². The van der Waals surface area contributed by atoms with Crippen molar-refractivity contribution in [3.05, 3.63) is 30.1 Å². The van der Waals surface area contributed by atoms with Gasteiger partial charge in [-0.1, -0.05) is 6.07 Å². The molecule has 0 N–H and O–H groups in total. The van der Waals surface area contributed by atoms with Crippen LogP contribution in [0.3, 0.4) is 0 Å². The fourth-order valence-electron chi connectivity index (χ4n) is 2.53. The molecule has 1 aliphatic rings. The maximum Gasteiger partial charge on any atom is 0.248 e. The molecule has 2 heterocycles. The topological polar surface area (TPSA) is 42.4 Å². The largest absolute Gasteiger partial charge is 0.375 e. The lowest BCUT2D eigenvalue weighted by molar-refractivity contribution is -0.136. The molecule has 1 aromatic heterocycles. The summed E-state index contributed by atoms with van der Waals surface area (Å²) in [7, 11) is 1.56. The monoisotopic (exact) mass is 248 g/mol. The highest BCUT2D eigenvalue weighted by Gasteiger charge is 2.23. The summed E-state index contributed by atoms with van der Waals surface area (Å²) >= 11 is 0. The van der Waals surface area contributed by atoms with Gasteiger partial charge in [0.25, 0.3) is 0 Å². The molecule has 2 rings (SSSR count). The van der Waals surface area contributed by atoms with Crippen LogP contribution in [0.15, 0.2) is 24.5 Å². The van der Waals surface area contributed by atoms with E-state index in [9.17, 15) is 4.79 Å². The molecule has 0 saturated carbocycles. The second-order valence-corrected chi connectivity index (χ2v) is 4.85. The predicted molar refractivity (Wildman–Crippen MR) is 69.1 cm³/mol. The summed E-state index contributed by atoms with van der Waals surface area (Å²) in [4.78, 5) is 17.8. The van der Waals surface area contributed by atoms with Gasteiger partial charge in [-0.15, -0.1) is 0 Å². The number of piperidine rings is 1. The first-order valence-electron chi connectivity index (χ1n) is 6.45. The summed E-state index contributed by atoms with van der Waals surface area (Å²) in [5, 5.41) is 0. The summed E-state index contributed by atoms with van der Waals surface area (Å²) in [6, 6.07) is 4.06. The molecule has 1 aliphatic heterocycles. The Hall–Kier alpha value is -1.42. The number of methoxy groups -OCH3 is 1. The zero-order chi connectivity index (χ0) is 12.8. The van der Waals surface area contributed by atoms with Gasteiger partial charge in [0.15, 0.2) is 0 Å². The van der Waals surface area contributed by atoms with Crippen molar-refractivity contribution in [2.24, 2.45) is 5.92 Å². The zero-order valence-electron chi connectivity index (χ0n) is 10.8. The number of hydrogen-bond acceptors (Lipinski definition) is 3. The standard InChI is InChI=1S/C14H20N2O2/c1-18-11-14(17)16-7-3-5-13(10-16)8-12-4-2-6-15-9-12/h2,4,6,9,13H,3,5,7-8,10-11H2,1H3/t13-/m1/s1. The first-order valence-corrected chi connectivity index (χ1v) is 6.45. The van der Waals surface area contributed by atoms with Crippen molar-refractivity contribution in [3.8, 4) is 0 Å². The van der Waals surface area contributed by atoms with E-state index in [0.29, 0.717) is 5.92 Å². The Morgan fingerprint density at radius 1 is 1.61 bits per heavy atom. The molecule has 4 nitrogen and oxygen atoms in total. The molecule has 4 heteroatoms. The average molecular weight is 248 g/mol. The third kappa shape index (κ3) is 3.53. The van der Waals surface area contributed by atoms with E-state index in [2.05, 4.69) is 11.1 Å². The van der Waals surface area contributed by atoms with Gasteiger partial charge < -0.3 is 9.64 Å². The highest BCUT2D eigenvalue weighted by molar-refractivity contribution is 5.77. The van der Waals surface area contributed by atoms with E-state index in [4.69, 9.17) is 4.74 Å². The Morgan fingerprint density at radius 3 is 3.22 bits per heavy atom. The van der Waals surface area contributed by atoms with E-state index in [1.54, 1.807) is 13.3 Å². The van der Waals surface area contributed by atoms with Gasteiger partial charge in [-0.25, -0.2) is 0 Å². The Morgan fingerprint density at radius 2 is 2.50 bits per heavy atom. The van der Waals surface area contributed by atoms with Crippen molar-refractivity contribution in [1.82, 2.24) is 9.88 Å². The third-order valence-electron chi connectivity index (χ3n) is 3.39. The number of nitrogens with zero attached hydrogens (tertiary/aromatic N) is 2. The Labute approximate surface area is 108 Å². The Bertz CT molecular complexity index is 381. The van der Waals surface area contributed by atoms with E-state index in [1.165, 1.54) is 12.0 Å². The van der Waals surface area contributed by atoms with Gasteiger partial charge in [-0.05, 0) is 36.8 Å². The number of likely N-dealkylation sites (tertiary alicyclic amines) is 1. The van der Waals surface area contributed by atoms with Gasteiger partial charge in [-0.3, -0.25) is 9.78 Å². The van der Waals surface area contributed by atoms with Crippen LogP contribution in [0.5, 0.6) is 0 Å². The van der Waals surface area contributed by atoms with Crippen LogP contribution in [0.25, 0.3) is 0 Å². The Balaban J connectivity index is 1.89. The fraction of sp³-hybridized carbons (Fsp3) is 0.571. The molecule has 0 radical (unpaired) electrons. The molecule has 1 aromatic rings. The van der Waals surface area contributed by atoms with Crippen LogP contribution in [-0.2, 0) is 16.0 Å². The number of carbonyl (C=O) groups is 1. The summed E-state index contributed by atoms with van der Waals surface area (Å²) in [5.74, 6) is 0.650. The van der Waals surface area contributed by atoms with Gasteiger partial charge in [0, 0.05) is 32.6 Å². The molecule has 0 bridgehead atoms. The minimum atomic E-state index is 0.105. The molecular weight excluding hydrogens is 228 g/mol. The highest BCUT2D eigenvalue weighted by Crippen LogP contribution is 2.20. The molecule has 0 aromatic carbocycles. The molecule has 0 unspecified atom stereocenters. The van der Waals surface area contributed by atoms with Gasteiger partial charge in [0.2, 0.25) is 5.91 Å². The molecule has 1 amide bonds. The maximum atomic E-state index is 11.8. The normalized spacial score (nSPS) is 19.8. The molecule has 18 heavy (non-hydrogen) atoms. The molecular formula is C14H20N2O2. The molecule has 1 saturated heterocycles. The summed E-state index contributed by atoms with van der Waals surface area (Å²) in [5.41, 5.74) is 1.25. The Kier molecular flexibility index (Phi) is 4.70. The third-order valence-corrected chi connectivity index (χ3v) is 3.39. The summed E-state index contributed by atoms with van der Waals surface area (Å²) < 4.78 is 4.91. The van der Waals surface area contributed by atoms with Crippen LogP contribution in [-0.4, -0.2) is 42.6 Å². The smallest absolute Gasteiger partial charge is 0.248 e. The van der Waals surface area contributed by atoms with E-state index < -0.39 is 0 Å². The average Bonchev–Trinajstić information content (AvgIpc) is 2.40. The van der Waals surface area contributed by atoms with Gasteiger partial charge >= 0.3 is 0 Å². The minimum Gasteiger partial charge on any atom is -0.375 e. The fourth-order valence-corrected chi connectivity index (χ4v) is 2.53. The molecule has 0 aliphatic carbocycles. The number of carbonyl (C=O) groups excluding carboxylic acids is 1. The summed E-state index contributed by atoms with van der Waals surface area (Å²) in [6.07, 6.45) is 6.98. The number of pyridine rings is 1. The minimum absolute atomic E-state index is 0.105. The quantitative estimate of drug-likeness (QED) is 0.811. The second-order valence-electron chi connectivity index (χ2n) is 4.85. The predicted octanol–water partition coefficient (Wildman–Crippen LogP) is 1.51. The highest BCUT2D eigenvalue weighted by atomic mass is 16.5. The second kappa shape index (κ2) is 6.50. The van der Waals surface area contributed by atoms with Gasteiger partial charge in [0.1, 0.15) is 6.61 Å². The number of rotatable bonds is 4. The van der Waals surface area contributed by atoms with E-state index in [-0.39, 0.29) is 12.5 Å². The summed E-state index contributed by atoms with van der Waals surface area (Å²) in [6.45, 7) is 1.91. The van der Waals surface area contributed by atoms with Gasteiger partial charge in [-0.2, -0.15) is 0 Å². The van der Waals surface area contributed by atoms with Crippen molar-refractivity contribution < 1.29 is 9.53 Å². The van der Waals surface area contributed by atoms with Crippen molar-refractivity contribution in [2.45, 2.75) is 19.3 Å². The van der Waals surface area contributed by atoms with Crippen molar-refractivity contribution in [3.63, 3.8) is 0 Å². The van der Waals surface area contributed by atoms with Crippen LogP contribution >= 0.6 is 0 Å². The first-order chi connectivity index (χ1) is 8.79. The molecule has 1 atom stereocenters. The van der Waals surface area contributed by atoms with Crippen LogP contribution in [0.2, 0.25) is 0 Å². The van der Waals surface area contributed by atoms with Crippen molar-refractivity contribution in [2.75, 3.05) is 26.8 Å². The lowest BCUT2D eigenvalue weighted by Gasteiger charge is -2.32. The SMILES string of the molecule is COCC(=O)N1CCC[C@H](Cc2cccnc2)C1. The van der Waals surface area contributed by atoms with E-state index in [1.807, 2.05) is 17.2 Å². The first kappa shape index (κ1) is 13.0. The van der Waals surface area contributed by atoms with Gasteiger partial charge in [0.05, 0.1) is 0 Å². The van der Waals surface area contributed by atoms with Crippen molar-refractivity contribution in [1.29, 1.82) is 0 Å². The number of aromatic nitrogens is 1. The van der Waals surface area contributed by atoms with Crippen LogP contribution < -0.4 is 0 Å². The number of hydrogen-bond donors (Lipinski definition) is 0. The number of amides is 1. The van der Waals surface area contributed by atoms with E-state index >= 15 is 0 Å². The van der Waals surface area contributed by atoms with Crippen molar-refractivity contribution >= 4 is 5.91 Å². The maximum absolute atomic E-state index is 11.8. The number of ether oxygens (including phenoxy) is 1. The van der Waals surface area contributed by atoms with Crippen LogP contribution in [0.4, 0.5) is 0 Å². The van der Waals surface area contributed by atoms with E-state index in [0.717, 1.165) is 25.9 Å².